The minimum Gasteiger partial charge on any atom is -0.448 e. The Morgan fingerprint density at radius 2 is 1.50 bits per heavy atom. The molecule has 1 N–H and O–H groups in total. The summed E-state index contributed by atoms with van der Waals surface area (Å²) in [7, 11) is 0. The zero-order chi connectivity index (χ0) is 13.1. The van der Waals surface area contributed by atoms with Crippen LogP contribution in [0.25, 0.3) is 0 Å². The van der Waals surface area contributed by atoms with Gasteiger partial charge in [0.05, 0.1) is 0 Å². The van der Waals surface area contributed by atoms with E-state index in [4.69, 9.17) is 0 Å². The molecular weight excluding hydrogens is 269 g/mol. The molecule has 0 fully saturated rings. The molecule has 0 aliphatic heterocycles. The Labute approximate surface area is 150 Å². The molecule has 0 bridgehead atoms. The van der Waals surface area contributed by atoms with Crippen molar-refractivity contribution in [2.24, 2.45) is 0 Å². The summed E-state index contributed by atoms with van der Waals surface area (Å²) in [6.45, 7) is -2.75. The first kappa shape index (κ1) is 21.3. The zero-order valence-electron chi connectivity index (χ0n) is 11.5. The molecule has 0 heterocycles. The third-order valence-corrected chi connectivity index (χ3v) is 2.54. The summed E-state index contributed by atoms with van der Waals surface area (Å²) in [5.41, 5.74) is 0. The van der Waals surface area contributed by atoms with Crippen molar-refractivity contribution < 1.29 is 69.1 Å². The van der Waals surface area contributed by atoms with E-state index in [1.165, 1.54) is 19.3 Å². The third kappa shape index (κ3) is 17.0. The summed E-state index contributed by atoms with van der Waals surface area (Å²) in [6.07, 6.45) is 6.51. The molecule has 2 nitrogen and oxygen atoms in total. The van der Waals surface area contributed by atoms with Gasteiger partial charge in [-0.3, -0.25) is 4.79 Å². The number of amides is 1. The predicted molar refractivity (Wildman–Crippen MR) is 64.7 cm³/mol. The summed E-state index contributed by atoms with van der Waals surface area (Å²) in [5, 5.41) is 1.90. The Morgan fingerprint density at radius 3 is 2.00 bits per heavy atom. The molecule has 1 amide bonds. The summed E-state index contributed by atoms with van der Waals surface area (Å²) >= 11 is 0. The van der Waals surface area contributed by atoms with Crippen molar-refractivity contribution in [2.45, 2.75) is 58.3 Å². The molecule has 0 aliphatic carbocycles. The zero-order valence-corrected chi connectivity index (χ0v) is 14.6. The molecule has 0 saturated heterocycles. The Morgan fingerprint density at radius 1 is 1.00 bits per heavy atom. The van der Waals surface area contributed by atoms with Gasteiger partial charge in [0.25, 0.3) is 0 Å². The quantitative estimate of drug-likeness (QED) is 0.464. The van der Waals surface area contributed by atoms with Crippen molar-refractivity contribution in [3.05, 3.63) is 0 Å². The standard InChI is InChI=1S/C11H22BF3NO.K/c1-2-3-4-5-6-7-8-9-11(17)16-10-12(13,14)15;/h2-10H2,1H3,(H,16,17);/q-1;+1. The van der Waals surface area contributed by atoms with Gasteiger partial charge in [-0.05, 0) is 12.9 Å². The molecule has 7 heteroatoms. The second-order valence-corrected chi connectivity index (χ2v) is 4.39. The van der Waals surface area contributed by atoms with E-state index in [9.17, 15) is 17.7 Å². The molecule has 0 spiro atoms. The van der Waals surface area contributed by atoms with Gasteiger partial charge in [-0.1, -0.05) is 45.4 Å². The number of rotatable bonds is 10. The van der Waals surface area contributed by atoms with Crippen molar-refractivity contribution in [1.82, 2.24) is 5.32 Å². The molecule has 102 valence electrons. The van der Waals surface area contributed by atoms with Crippen LogP contribution in [-0.4, -0.2) is 19.3 Å². The summed E-state index contributed by atoms with van der Waals surface area (Å²) in [5.74, 6) is -0.488. The van der Waals surface area contributed by atoms with Gasteiger partial charge < -0.3 is 18.3 Å². The number of hydrogen-bond donors (Lipinski definition) is 1. The first-order valence-corrected chi connectivity index (χ1v) is 6.43. The van der Waals surface area contributed by atoms with Gasteiger partial charge in [0.1, 0.15) is 0 Å². The number of halogens is 3. The fourth-order valence-electron chi connectivity index (χ4n) is 1.56. The minimum absolute atomic E-state index is 0. The van der Waals surface area contributed by atoms with Crippen molar-refractivity contribution in [3.63, 3.8) is 0 Å². The number of carbonyl (C=O) groups excluding carboxylic acids is 1. The van der Waals surface area contributed by atoms with E-state index in [1.807, 2.05) is 5.32 Å². The number of nitrogens with one attached hydrogen (secondary N) is 1. The van der Waals surface area contributed by atoms with Crippen LogP contribution in [-0.2, 0) is 4.79 Å². The normalized spacial score (nSPS) is 10.9. The van der Waals surface area contributed by atoms with Crippen molar-refractivity contribution >= 4 is 12.9 Å². The SMILES string of the molecule is CCCCCCCCCC(=O)NC[B-](F)(F)F.[K+]. The van der Waals surface area contributed by atoms with Crippen molar-refractivity contribution in [2.75, 3.05) is 6.44 Å². The van der Waals surface area contributed by atoms with Crippen LogP contribution >= 0.6 is 0 Å². The van der Waals surface area contributed by atoms with Crippen LogP contribution in [0.15, 0.2) is 0 Å². The van der Waals surface area contributed by atoms with Crippen LogP contribution in [0.4, 0.5) is 12.9 Å². The van der Waals surface area contributed by atoms with Gasteiger partial charge in [0.15, 0.2) is 0 Å². The van der Waals surface area contributed by atoms with Gasteiger partial charge in [-0.2, -0.15) is 0 Å². The van der Waals surface area contributed by atoms with Gasteiger partial charge in [-0.25, -0.2) is 0 Å². The number of unbranched alkanes of at least 4 members (excludes halogenated alkanes) is 6. The Hall–Kier alpha value is 0.961. The van der Waals surface area contributed by atoms with E-state index in [2.05, 4.69) is 6.92 Å². The molecule has 0 atom stereocenters. The maximum atomic E-state index is 11.8. The van der Waals surface area contributed by atoms with E-state index in [0.29, 0.717) is 6.42 Å². The fraction of sp³-hybridized carbons (Fsp3) is 0.909. The van der Waals surface area contributed by atoms with E-state index < -0.39 is 19.3 Å². The minimum atomic E-state index is -4.90. The molecule has 0 aromatic heterocycles. The summed E-state index contributed by atoms with van der Waals surface area (Å²) in [4.78, 5) is 11.0. The molecule has 18 heavy (non-hydrogen) atoms. The molecule has 0 saturated carbocycles. The molecule has 0 radical (unpaired) electrons. The maximum absolute atomic E-state index is 11.8. The first-order chi connectivity index (χ1) is 7.95. The monoisotopic (exact) mass is 291 g/mol. The smallest absolute Gasteiger partial charge is 0.448 e. The molecule has 0 unspecified atom stereocenters. The van der Waals surface area contributed by atoms with Gasteiger partial charge in [-0.15, -0.1) is 0 Å². The van der Waals surface area contributed by atoms with Crippen molar-refractivity contribution in [1.29, 1.82) is 0 Å². The maximum Gasteiger partial charge on any atom is 1.00 e. The fourth-order valence-corrected chi connectivity index (χ4v) is 1.56. The molecule has 0 aromatic carbocycles. The largest absolute Gasteiger partial charge is 1.00 e. The molecule has 0 aliphatic rings. The molecule has 0 rings (SSSR count). The average Bonchev–Trinajstić information content (AvgIpc) is 2.24. The second-order valence-electron chi connectivity index (χ2n) is 4.39. The third-order valence-electron chi connectivity index (χ3n) is 2.54. The number of hydrogen-bond acceptors (Lipinski definition) is 1. The predicted octanol–water partition coefficient (Wildman–Crippen LogP) is 0.634. The first-order valence-electron chi connectivity index (χ1n) is 6.43. The van der Waals surface area contributed by atoms with Gasteiger partial charge >= 0.3 is 58.4 Å². The molecular formula is C11H22BF3KNO. The topological polar surface area (TPSA) is 29.1 Å². The number of carbonyl (C=O) groups is 1. The van der Waals surface area contributed by atoms with Gasteiger partial charge in [0.2, 0.25) is 5.91 Å². The van der Waals surface area contributed by atoms with Crippen LogP contribution in [0.2, 0.25) is 0 Å². The molecule has 0 aromatic rings. The second kappa shape index (κ2) is 13.0. The van der Waals surface area contributed by atoms with Crippen LogP contribution in [0, 0.1) is 0 Å². The van der Waals surface area contributed by atoms with E-state index in [0.717, 1.165) is 19.3 Å². The van der Waals surface area contributed by atoms with Crippen LogP contribution in [0.1, 0.15) is 58.3 Å². The summed E-state index contributed by atoms with van der Waals surface area (Å²) < 4.78 is 35.5. The Balaban J connectivity index is 0. The van der Waals surface area contributed by atoms with Crippen LogP contribution in [0.5, 0.6) is 0 Å². The van der Waals surface area contributed by atoms with E-state index >= 15 is 0 Å². The van der Waals surface area contributed by atoms with Crippen molar-refractivity contribution in [3.8, 4) is 0 Å². The van der Waals surface area contributed by atoms with E-state index in [1.54, 1.807) is 0 Å². The summed E-state index contributed by atoms with van der Waals surface area (Å²) in [6, 6.07) is 0. The van der Waals surface area contributed by atoms with Crippen LogP contribution in [0.3, 0.4) is 0 Å². The Kier molecular flexibility index (Phi) is 15.3. The van der Waals surface area contributed by atoms with E-state index in [-0.39, 0.29) is 57.8 Å². The average molecular weight is 291 g/mol. The van der Waals surface area contributed by atoms with Crippen LogP contribution < -0.4 is 56.7 Å². The Bertz CT molecular complexity index is 215. The van der Waals surface area contributed by atoms with Gasteiger partial charge in [0, 0.05) is 6.42 Å².